The Balaban J connectivity index is 2.72. The number of hydrogen-bond acceptors (Lipinski definition) is 0. The van der Waals surface area contributed by atoms with Gasteiger partial charge in [-0.2, -0.15) is 13.2 Å². The van der Waals surface area contributed by atoms with Crippen LogP contribution in [0.15, 0.2) is 36.5 Å². The molecule has 1 aromatic heterocycles. The van der Waals surface area contributed by atoms with E-state index in [1.807, 2.05) is 6.20 Å². The first-order chi connectivity index (χ1) is 10.8. The van der Waals surface area contributed by atoms with E-state index in [0.29, 0.717) is 22.9 Å². The second-order valence-corrected chi connectivity index (χ2v) is 11.6. The molecule has 0 saturated carbocycles. The Labute approximate surface area is 133 Å². The molecule has 2 rings (SSSR count). The molecule has 0 unspecified atom stereocenters. The molecule has 1 nitrogen and oxygen atoms in total. The van der Waals surface area contributed by atoms with Crippen molar-refractivity contribution in [3.05, 3.63) is 47.6 Å². The third kappa shape index (κ3) is 3.40. The van der Waals surface area contributed by atoms with E-state index in [2.05, 4.69) is 19.6 Å². The number of hydrogen-bond donors (Lipinski definition) is 0. The minimum atomic E-state index is -4.57. The summed E-state index contributed by atoms with van der Waals surface area (Å²) in [5.74, 6) is 0. The summed E-state index contributed by atoms with van der Waals surface area (Å²) in [7, 11) is 0.0627. The molecule has 0 aliphatic heterocycles. The fourth-order valence-corrected chi connectivity index (χ4v) is 3.32. The highest BCUT2D eigenvalue weighted by molar-refractivity contribution is 6.88. The molecule has 1 aromatic carbocycles. The zero-order chi connectivity index (χ0) is 18.4. The Morgan fingerprint density at radius 1 is 1.14 bits per heavy atom. The zero-order valence-electron chi connectivity index (χ0n) is 15.4. The van der Waals surface area contributed by atoms with E-state index < -0.39 is 25.9 Å². The molecular formula is C17H21F3NSi+. The molecule has 2 aromatic rings. The van der Waals surface area contributed by atoms with Gasteiger partial charge in [-0.15, -0.1) is 0 Å². The molecule has 0 amide bonds. The second kappa shape index (κ2) is 5.54. The van der Waals surface area contributed by atoms with E-state index in [0.717, 1.165) is 11.3 Å². The molecule has 0 aliphatic carbocycles. The van der Waals surface area contributed by atoms with Crippen molar-refractivity contribution in [1.29, 1.82) is 0 Å². The maximum absolute atomic E-state index is 13.1. The summed E-state index contributed by atoms with van der Waals surface area (Å²) in [6.07, 6.45) is -2.72. The SMILES string of the molecule is [2H]c1cc(C)c(-c2cc([2H])c([Si](C)(C)C)c[n+]2C)cc1C(F)(F)F. The quantitative estimate of drug-likeness (QED) is 0.579. The van der Waals surface area contributed by atoms with Crippen LogP contribution in [0, 0.1) is 6.92 Å². The maximum Gasteiger partial charge on any atom is 0.416 e. The van der Waals surface area contributed by atoms with Crippen LogP contribution in [-0.2, 0) is 13.2 Å². The van der Waals surface area contributed by atoms with Crippen molar-refractivity contribution in [2.75, 3.05) is 0 Å². The first-order valence-electron chi connectivity index (χ1n) is 8.02. The number of rotatable bonds is 2. The van der Waals surface area contributed by atoms with Gasteiger partial charge in [0.25, 0.3) is 0 Å². The molecule has 0 radical (unpaired) electrons. The average Bonchev–Trinajstić information content (AvgIpc) is 2.38. The monoisotopic (exact) mass is 326 g/mol. The molecular weight excluding hydrogens is 303 g/mol. The Hall–Kier alpha value is -1.62. The molecule has 118 valence electrons. The number of halogens is 3. The van der Waals surface area contributed by atoms with Crippen LogP contribution in [0.3, 0.4) is 0 Å². The average molecular weight is 326 g/mol. The normalized spacial score (nSPS) is 13.8. The Bertz CT molecular complexity index is 796. The van der Waals surface area contributed by atoms with Crippen LogP contribution in [-0.4, -0.2) is 8.07 Å². The molecule has 0 N–H and O–H groups in total. The van der Waals surface area contributed by atoms with Gasteiger partial charge in [-0.05, 0) is 24.6 Å². The van der Waals surface area contributed by atoms with Crippen LogP contribution in [0.25, 0.3) is 11.3 Å². The molecule has 0 bridgehead atoms. The molecule has 0 aliphatic rings. The second-order valence-electron chi connectivity index (χ2n) is 6.52. The number of alkyl halides is 3. The molecule has 1 heterocycles. The van der Waals surface area contributed by atoms with Gasteiger partial charge in [-0.1, -0.05) is 31.7 Å². The molecule has 22 heavy (non-hydrogen) atoms. The van der Waals surface area contributed by atoms with Gasteiger partial charge in [0, 0.05) is 16.8 Å². The van der Waals surface area contributed by atoms with E-state index in [4.69, 9.17) is 2.74 Å². The lowest BCUT2D eigenvalue weighted by Gasteiger charge is -2.16. The smallest absolute Gasteiger partial charge is 0.201 e. The summed E-state index contributed by atoms with van der Waals surface area (Å²) >= 11 is 0. The number of nitrogens with zero attached hydrogens (tertiary/aromatic N) is 1. The summed E-state index contributed by atoms with van der Waals surface area (Å²) in [4.78, 5) is 0. The van der Waals surface area contributed by atoms with Gasteiger partial charge >= 0.3 is 6.18 Å². The topological polar surface area (TPSA) is 3.88 Å². The summed E-state index contributed by atoms with van der Waals surface area (Å²) in [5, 5.41) is 0.958. The Kier molecular flexibility index (Phi) is 3.52. The number of pyridine rings is 1. The molecule has 0 fully saturated rings. The van der Waals surface area contributed by atoms with Crippen molar-refractivity contribution in [1.82, 2.24) is 0 Å². The predicted octanol–water partition coefficient (Wildman–Crippen LogP) is 4.05. The van der Waals surface area contributed by atoms with Gasteiger partial charge in [-0.25, -0.2) is 4.57 Å². The largest absolute Gasteiger partial charge is 0.416 e. The van der Waals surface area contributed by atoms with Crippen molar-refractivity contribution in [2.24, 2.45) is 7.05 Å². The predicted molar refractivity (Wildman–Crippen MR) is 85.8 cm³/mol. The van der Waals surface area contributed by atoms with Gasteiger partial charge in [0.1, 0.15) is 7.05 Å². The van der Waals surface area contributed by atoms with E-state index in [1.54, 1.807) is 24.6 Å². The van der Waals surface area contributed by atoms with Gasteiger partial charge in [0.2, 0.25) is 5.69 Å². The highest BCUT2D eigenvalue weighted by Gasteiger charge is 2.31. The standard InChI is InChI=1S/C17H21F3NSi/c1-12-6-7-13(17(18,19)20)10-15(12)16-9-8-14(11-21(16)2)22(3,4)5/h6-11H,1-5H3/q+1/i7D,8D. The molecule has 5 heteroatoms. The molecule has 0 spiro atoms. The highest BCUT2D eigenvalue weighted by atomic mass is 28.3. The number of aromatic nitrogens is 1. The van der Waals surface area contributed by atoms with Gasteiger partial charge < -0.3 is 0 Å². The van der Waals surface area contributed by atoms with Crippen LogP contribution < -0.4 is 9.75 Å². The van der Waals surface area contributed by atoms with Crippen LogP contribution in [0.1, 0.15) is 13.9 Å². The third-order valence-electron chi connectivity index (χ3n) is 3.61. The van der Waals surface area contributed by atoms with Crippen molar-refractivity contribution < 1.29 is 20.5 Å². The van der Waals surface area contributed by atoms with E-state index in [9.17, 15) is 13.2 Å². The lowest BCUT2D eigenvalue weighted by atomic mass is 10.0. The maximum atomic E-state index is 13.1. The number of aryl methyl sites for hydroxylation is 2. The van der Waals surface area contributed by atoms with E-state index in [1.165, 1.54) is 6.07 Å². The fourth-order valence-electron chi connectivity index (χ4n) is 2.23. The van der Waals surface area contributed by atoms with Gasteiger partial charge in [-0.3, -0.25) is 0 Å². The van der Waals surface area contributed by atoms with Crippen LogP contribution in [0.4, 0.5) is 13.2 Å². The minimum absolute atomic E-state index is 0.352. The van der Waals surface area contributed by atoms with Crippen molar-refractivity contribution in [3.8, 4) is 11.3 Å². The third-order valence-corrected chi connectivity index (χ3v) is 5.50. The Morgan fingerprint density at radius 3 is 2.32 bits per heavy atom. The minimum Gasteiger partial charge on any atom is -0.201 e. The van der Waals surface area contributed by atoms with Crippen molar-refractivity contribution in [2.45, 2.75) is 32.7 Å². The summed E-state index contributed by atoms with van der Waals surface area (Å²) in [6, 6.07) is 3.69. The first kappa shape index (κ1) is 14.0. The van der Waals surface area contributed by atoms with E-state index in [-0.39, 0.29) is 0 Å². The van der Waals surface area contributed by atoms with Crippen LogP contribution in [0.2, 0.25) is 19.6 Å². The van der Waals surface area contributed by atoms with Crippen molar-refractivity contribution >= 4 is 13.3 Å². The zero-order valence-corrected chi connectivity index (χ0v) is 14.4. The first-order valence-corrected chi connectivity index (χ1v) is 10.5. The Morgan fingerprint density at radius 2 is 1.77 bits per heavy atom. The molecule has 0 saturated heterocycles. The highest BCUT2D eigenvalue weighted by Crippen LogP contribution is 2.32. The van der Waals surface area contributed by atoms with Crippen LogP contribution in [0.5, 0.6) is 0 Å². The van der Waals surface area contributed by atoms with E-state index >= 15 is 0 Å². The van der Waals surface area contributed by atoms with Gasteiger partial charge in [0.05, 0.1) is 16.4 Å². The van der Waals surface area contributed by atoms with Gasteiger partial charge in [0.15, 0.2) is 6.20 Å². The lowest BCUT2D eigenvalue weighted by Crippen LogP contribution is -2.45. The summed E-state index contributed by atoms with van der Waals surface area (Å²) in [5.41, 5.74) is 0.578. The van der Waals surface area contributed by atoms with Crippen LogP contribution >= 0.6 is 0 Å². The lowest BCUT2D eigenvalue weighted by molar-refractivity contribution is -0.659. The fraction of sp³-hybridized carbons (Fsp3) is 0.353. The molecule has 0 atom stereocenters. The summed E-state index contributed by atoms with van der Waals surface area (Å²) < 4.78 is 57.0. The number of benzene rings is 1. The van der Waals surface area contributed by atoms with Crippen molar-refractivity contribution in [3.63, 3.8) is 0 Å². The summed E-state index contributed by atoms with van der Waals surface area (Å²) in [6.45, 7) is 8.06.